The highest BCUT2D eigenvalue weighted by Crippen LogP contribution is 2.22. The van der Waals surface area contributed by atoms with Crippen LogP contribution in [0.4, 0.5) is 0 Å². The number of aliphatic hydroxyl groups excluding tert-OH is 1. The van der Waals surface area contributed by atoms with E-state index in [-0.39, 0.29) is 12.5 Å². The Labute approximate surface area is 136 Å². The van der Waals surface area contributed by atoms with E-state index in [2.05, 4.69) is 48.0 Å². The SMILES string of the molecule is CC(C)c1cc2cc(CN3CCN(C(=O)CO)CC3)ccc2[nH]1. The van der Waals surface area contributed by atoms with Crippen molar-refractivity contribution in [3.8, 4) is 0 Å². The van der Waals surface area contributed by atoms with Gasteiger partial charge in [-0.1, -0.05) is 19.9 Å². The predicted octanol–water partition coefficient (Wildman–Crippen LogP) is 1.93. The lowest BCUT2D eigenvalue weighted by molar-refractivity contribution is -0.135. The molecule has 23 heavy (non-hydrogen) atoms. The fourth-order valence-electron chi connectivity index (χ4n) is 3.13. The molecule has 0 spiro atoms. The molecule has 1 saturated heterocycles. The van der Waals surface area contributed by atoms with E-state index in [9.17, 15) is 4.79 Å². The summed E-state index contributed by atoms with van der Waals surface area (Å²) in [7, 11) is 0. The minimum atomic E-state index is -0.387. The molecule has 1 aliphatic rings. The maximum atomic E-state index is 11.5. The highest BCUT2D eigenvalue weighted by Gasteiger charge is 2.20. The van der Waals surface area contributed by atoms with Gasteiger partial charge in [0.15, 0.2) is 0 Å². The van der Waals surface area contributed by atoms with Gasteiger partial charge in [0.05, 0.1) is 0 Å². The minimum absolute atomic E-state index is 0.167. The Bertz CT molecular complexity index is 685. The standard InChI is InChI=1S/C18H25N3O2/c1-13(2)17-10-15-9-14(3-4-16(15)19-17)11-20-5-7-21(8-6-20)18(23)12-22/h3-4,9-10,13,19,22H,5-8,11-12H2,1-2H3. The smallest absolute Gasteiger partial charge is 0.248 e. The zero-order valence-corrected chi connectivity index (χ0v) is 13.9. The average molecular weight is 315 g/mol. The Morgan fingerprint density at radius 3 is 2.61 bits per heavy atom. The second-order valence-electron chi connectivity index (χ2n) is 6.62. The number of nitrogens with one attached hydrogen (secondary N) is 1. The Kier molecular flexibility index (Phi) is 4.68. The largest absolute Gasteiger partial charge is 0.387 e. The summed E-state index contributed by atoms with van der Waals surface area (Å²) in [5, 5.41) is 10.2. The van der Waals surface area contributed by atoms with Crippen LogP contribution in [0.2, 0.25) is 0 Å². The molecule has 0 saturated carbocycles. The summed E-state index contributed by atoms with van der Waals surface area (Å²) in [6.07, 6.45) is 0. The number of fused-ring (bicyclic) bond motifs is 1. The van der Waals surface area contributed by atoms with E-state index >= 15 is 0 Å². The summed E-state index contributed by atoms with van der Waals surface area (Å²) in [6.45, 7) is 8.01. The zero-order valence-electron chi connectivity index (χ0n) is 13.9. The number of nitrogens with zero attached hydrogens (tertiary/aromatic N) is 2. The molecule has 0 bridgehead atoms. The van der Waals surface area contributed by atoms with Gasteiger partial charge in [-0.05, 0) is 35.1 Å². The molecule has 0 unspecified atom stereocenters. The fourth-order valence-corrected chi connectivity index (χ4v) is 3.13. The van der Waals surface area contributed by atoms with Crippen molar-refractivity contribution in [2.24, 2.45) is 0 Å². The van der Waals surface area contributed by atoms with Crippen molar-refractivity contribution >= 4 is 16.8 Å². The molecule has 5 nitrogen and oxygen atoms in total. The molecule has 2 N–H and O–H groups in total. The molecule has 124 valence electrons. The molecule has 1 aromatic carbocycles. The summed E-state index contributed by atoms with van der Waals surface area (Å²) < 4.78 is 0. The maximum Gasteiger partial charge on any atom is 0.248 e. The maximum absolute atomic E-state index is 11.5. The van der Waals surface area contributed by atoms with Crippen LogP contribution in [0, 0.1) is 0 Å². The van der Waals surface area contributed by atoms with Gasteiger partial charge in [0.2, 0.25) is 5.91 Å². The second kappa shape index (κ2) is 6.72. The summed E-state index contributed by atoms with van der Waals surface area (Å²) in [5.74, 6) is 0.336. The summed E-state index contributed by atoms with van der Waals surface area (Å²) in [6, 6.07) is 8.82. The lowest BCUT2D eigenvalue weighted by Gasteiger charge is -2.34. The van der Waals surface area contributed by atoms with E-state index in [1.165, 1.54) is 22.2 Å². The number of rotatable bonds is 4. The van der Waals surface area contributed by atoms with Gasteiger partial charge in [0.1, 0.15) is 6.61 Å². The molecule has 3 rings (SSSR count). The molecule has 2 heterocycles. The van der Waals surface area contributed by atoms with E-state index < -0.39 is 0 Å². The first-order valence-electron chi connectivity index (χ1n) is 8.29. The van der Waals surface area contributed by atoms with Crippen LogP contribution in [0.25, 0.3) is 10.9 Å². The Morgan fingerprint density at radius 2 is 1.96 bits per heavy atom. The molecule has 2 aromatic rings. The van der Waals surface area contributed by atoms with Crippen LogP contribution in [0.15, 0.2) is 24.3 Å². The van der Waals surface area contributed by atoms with Crippen LogP contribution in [-0.2, 0) is 11.3 Å². The zero-order chi connectivity index (χ0) is 16.4. The third-order valence-corrected chi connectivity index (χ3v) is 4.59. The summed E-state index contributed by atoms with van der Waals surface area (Å²) >= 11 is 0. The van der Waals surface area contributed by atoms with E-state index in [0.29, 0.717) is 19.0 Å². The number of hydrogen-bond acceptors (Lipinski definition) is 3. The molecular weight excluding hydrogens is 290 g/mol. The van der Waals surface area contributed by atoms with Gasteiger partial charge in [0, 0.05) is 43.9 Å². The minimum Gasteiger partial charge on any atom is -0.387 e. The molecule has 1 fully saturated rings. The second-order valence-corrected chi connectivity index (χ2v) is 6.62. The number of hydrogen-bond donors (Lipinski definition) is 2. The highest BCUT2D eigenvalue weighted by molar-refractivity contribution is 5.81. The van der Waals surface area contributed by atoms with E-state index in [0.717, 1.165) is 19.6 Å². The van der Waals surface area contributed by atoms with Crippen LogP contribution in [0.3, 0.4) is 0 Å². The Balaban J connectivity index is 1.64. The number of benzene rings is 1. The molecule has 1 aliphatic heterocycles. The van der Waals surface area contributed by atoms with Gasteiger partial charge in [-0.25, -0.2) is 0 Å². The molecule has 1 aromatic heterocycles. The van der Waals surface area contributed by atoms with Crippen LogP contribution >= 0.6 is 0 Å². The topological polar surface area (TPSA) is 59.6 Å². The van der Waals surface area contributed by atoms with Crippen LogP contribution < -0.4 is 0 Å². The molecular formula is C18H25N3O2. The van der Waals surface area contributed by atoms with Gasteiger partial charge in [-0.2, -0.15) is 0 Å². The number of carbonyl (C=O) groups excluding carboxylic acids is 1. The number of aliphatic hydroxyl groups is 1. The van der Waals surface area contributed by atoms with Crippen molar-refractivity contribution < 1.29 is 9.90 Å². The van der Waals surface area contributed by atoms with Crippen molar-refractivity contribution in [2.45, 2.75) is 26.3 Å². The third-order valence-electron chi connectivity index (χ3n) is 4.59. The first-order valence-corrected chi connectivity index (χ1v) is 8.29. The highest BCUT2D eigenvalue weighted by atomic mass is 16.3. The third kappa shape index (κ3) is 3.57. The van der Waals surface area contributed by atoms with Crippen molar-refractivity contribution in [2.75, 3.05) is 32.8 Å². The lowest BCUT2D eigenvalue weighted by Crippen LogP contribution is -2.49. The first-order chi connectivity index (χ1) is 11.1. The molecule has 1 amide bonds. The van der Waals surface area contributed by atoms with Crippen LogP contribution in [0.1, 0.15) is 31.0 Å². The number of aromatic nitrogens is 1. The van der Waals surface area contributed by atoms with Gasteiger partial charge in [-0.3, -0.25) is 9.69 Å². The fraction of sp³-hybridized carbons (Fsp3) is 0.500. The Hall–Kier alpha value is -1.85. The number of H-pyrrole nitrogens is 1. The van der Waals surface area contributed by atoms with E-state index in [4.69, 9.17) is 5.11 Å². The molecule has 5 heteroatoms. The van der Waals surface area contributed by atoms with Crippen molar-refractivity contribution in [3.63, 3.8) is 0 Å². The molecule has 0 atom stereocenters. The van der Waals surface area contributed by atoms with Gasteiger partial charge in [0.25, 0.3) is 0 Å². The number of amides is 1. The Morgan fingerprint density at radius 1 is 1.22 bits per heavy atom. The average Bonchev–Trinajstić information content (AvgIpc) is 2.98. The summed E-state index contributed by atoms with van der Waals surface area (Å²) in [5.41, 5.74) is 3.76. The van der Waals surface area contributed by atoms with Crippen molar-refractivity contribution in [1.29, 1.82) is 0 Å². The number of carbonyl (C=O) groups is 1. The van der Waals surface area contributed by atoms with Gasteiger partial charge < -0.3 is 15.0 Å². The number of piperazine rings is 1. The summed E-state index contributed by atoms with van der Waals surface area (Å²) in [4.78, 5) is 19.1. The molecule has 0 aliphatic carbocycles. The van der Waals surface area contributed by atoms with Gasteiger partial charge in [-0.15, -0.1) is 0 Å². The normalized spacial score (nSPS) is 16.4. The van der Waals surface area contributed by atoms with Crippen LogP contribution in [-0.4, -0.2) is 58.6 Å². The van der Waals surface area contributed by atoms with E-state index in [1.807, 2.05) is 0 Å². The van der Waals surface area contributed by atoms with Crippen LogP contribution in [0.5, 0.6) is 0 Å². The first kappa shape index (κ1) is 16.0. The molecule has 0 radical (unpaired) electrons. The predicted molar refractivity (Wildman–Crippen MR) is 91.3 cm³/mol. The monoisotopic (exact) mass is 315 g/mol. The van der Waals surface area contributed by atoms with Gasteiger partial charge >= 0.3 is 0 Å². The quantitative estimate of drug-likeness (QED) is 0.906. The van der Waals surface area contributed by atoms with Crippen molar-refractivity contribution in [1.82, 2.24) is 14.8 Å². The number of aromatic amines is 1. The van der Waals surface area contributed by atoms with E-state index in [1.54, 1.807) is 4.90 Å². The van der Waals surface area contributed by atoms with Crippen molar-refractivity contribution in [3.05, 3.63) is 35.5 Å². The lowest BCUT2D eigenvalue weighted by atomic mass is 10.1.